The van der Waals surface area contributed by atoms with E-state index in [2.05, 4.69) is 16.6 Å². The maximum absolute atomic E-state index is 12.3. The van der Waals surface area contributed by atoms with Crippen molar-refractivity contribution in [3.05, 3.63) is 24.0 Å². The Morgan fingerprint density at radius 3 is 2.80 bits per heavy atom. The number of thiocarbonyl (C=S) groups is 1. The van der Waals surface area contributed by atoms with E-state index in [1.807, 2.05) is 6.92 Å². The third-order valence-corrected chi connectivity index (χ3v) is 4.71. The van der Waals surface area contributed by atoms with Gasteiger partial charge < -0.3 is 5.73 Å². The molecule has 0 aromatic carbocycles. The molecule has 5 nitrogen and oxygen atoms in total. The molecule has 0 spiro atoms. The number of sulfonamides is 1. The number of nitrogens with two attached hydrogens (primary N) is 1. The van der Waals surface area contributed by atoms with Gasteiger partial charge in [-0.3, -0.25) is 4.98 Å². The Kier molecular flexibility index (Phi) is 6.51. The second-order valence-electron chi connectivity index (χ2n) is 4.73. The first-order valence-corrected chi connectivity index (χ1v) is 8.54. The Balaban J connectivity index is 2.86. The highest BCUT2D eigenvalue weighted by molar-refractivity contribution is 7.89. The van der Waals surface area contributed by atoms with Crippen molar-refractivity contribution in [1.82, 2.24) is 9.71 Å². The van der Waals surface area contributed by atoms with Crippen LogP contribution in [0.4, 0.5) is 0 Å². The van der Waals surface area contributed by atoms with Crippen LogP contribution in [0.2, 0.25) is 0 Å². The van der Waals surface area contributed by atoms with Crippen molar-refractivity contribution in [2.75, 3.05) is 0 Å². The first-order chi connectivity index (χ1) is 9.38. The van der Waals surface area contributed by atoms with Gasteiger partial charge in [-0.05, 0) is 25.5 Å². The lowest BCUT2D eigenvalue weighted by Gasteiger charge is -2.15. The molecule has 3 N–H and O–H groups in total. The summed E-state index contributed by atoms with van der Waals surface area (Å²) < 4.78 is 27.3. The van der Waals surface area contributed by atoms with Crippen LogP contribution in [0.1, 0.15) is 45.2 Å². The van der Waals surface area contributed by atoms with Crippen molar-refractivity contribution in [3.63, 3.8) is 0 Å². The molecule has 1 aromatic rings. The molecule has 1 heterocycles. The average molecular weight is 315 g/mol. The standard InChI is InChI=1S/C13H21N3O2S2/c1-3-4-5-7-10(2)16-20(17,18)11-8-6-9-15-12(11)13(14)19/h6,8-10,16H,3-5,7H2,1-2H3,(H2,14,19). The highest BCUT2D eigenvalue weighted by Gasteiger charge is 2.22. The summed E-state index contributed by atoms with van der Waals surface area (Å²) in [6.07, 6.45) is 5.47. The van der Waals surface area contributed by atoms with Crippen LogP contribution in [0.15, 0.2) is 23.2 Å². The van der Waals surface area contributed by atoms with Crippen LogP contribution in [0.3, 0.4) is 0 Å². The van der Waals surface area contributed by atoms with Crippen molar-refractivity contribution >= 4 is 27.2 Å². The molecule has 0 bridgehead atoms. The minimum absolute atomic E-state index is 0.0235. The zero-order valence-corrected chi connectivity index (χ0v) is 13.4. The summed E-state index contributed by atoms with van der Waals surface area (Å²) >= 11 is 4.84. The van der Waals surface area contributed by atoms with E-state index in [9.17, 15) is 8.42 Å². The van der Waals surface area contributed by atoms with E-state index in [-0.39, 0.29) is 21.6 Å². The number of pyridine rings is 1. The largest absolute Gasteiger partial charge is 0.388 e. The fraction of sp³-hybridized carbons (Fsp3) is 0.538. The summed E-state index contributed by atoms with van der Waals surface area (Å²) in [5.41, 5.74) is 5.65. The van der Waals surface area contributed by atoms with Crippen LogP contribution in [0.25, 0.3) is 0 Å². The van der Waals surface area contributed by atoms with E-state index in [0.29, 0.717) is 0 Å². The van der Waals surface area contributed by atoms with E-state index >= 15 is 0 Å². The van der Waals surface area contributed by atoms with Crippen LogP contribution in [-0.4, -0.2) is 24.4 Å². The number of unbranched alkanes of at least 4 members (excludes halogenated alkanes) is 2. The number of hydrogen-bond donors (Lipinski definition) is 2. The Bertz CT molecular complexity index is 558. The van der Waals surface area contributed by atoms with Gasteiger partial charge in [-0.15, -0.1) is 0 Å². The average Bonchev–Trinajstić information content (AvgIpc) is 2.38. The predicted molar refractivity (Wildman–Crippen MR) is 84.0 cm³/mol. The zero-order chi connectivity index (χ0) is 15.2. The normalized spacial score (nSPS) is 13.1. The Labute approximate surface area is 126 Å². The van der Waals surface area contributed by atoms with Crippen LogP contribution < -0.4 is 10.5 Å². The molecule has 0 aliphatic rings. The van der Waals surface area contributed by atoms with Crippen molar-refractivity contribution in [1.29, 1.82) is 0 Å². The molecule has 1 aromatic heterocycles. The number of nitrogens with one attached hydrogen (secondary N) is 1. The molecule has 20 heavy (non-hydrogen) atoms. The summed E-state index contributed by atoms with van der Waals surface area (Å²) in [6, 6.07) is 2.88. The van der Waals surface area contributed by atoms with Crippen molar-refractivity contribution in [3.8, 4) is 0 Å². The molecular weight excluding hydrogens is 294 g/mol. The van der Waals surface area contributed by atoms with Gasteiger partial charge in [0.25, 0.3) is 0 Å². The van der Waals surface area contributed by atoms with Crippen LogP contribution in [0.5, 0.6) is 0 Å². The molecule has 1 rings (SSSR count). The molecule has 0 aliphatic heterocycles. The predicted octanol–water partition coefficient (Wildman–Crippen LogP) is 1.96. The van der Waals surface area contributed by atoms with Crippen LogP contribution >= 0.6 is 12.2 Å². The zero-order valence-electron chi connectivity index (χ0n) is 11.8. The molecule has 0 fully saturated rings. The minimum Gasteiger partial charge on any atom is -0.388 e. The fourth-order valence-corrected chi connectivity index (χ4v) is 3.56. The quantitative estimate of drug-likeness (QED) is 0.566. The number of aromatic nitrogens is 1. The Morgan fingerprint density at radius 2 is 2.20 bits per heavy atom. The van der Waals surface area contributed by atoms with Gasteiger partial charge in [-0.25, -0.2) is 13.1 Å². The lowest BCUT2D eigenvalue weighted by atomic mass is 10.1. The molecule has 0 saturated heterocycles. The molecule has 0 amide bonds. The van der Waals surface area contributed by atoms with Gasteiger partial charge in [-0.1, -0.05) is 38.4 Å². The van der Waals surface area contributed by atoms with Crippen molar-refractivity contribution in [2.45, 2.75) is 50.5 Å². The summed E-state index contributed by atoms with van der Waals surface area (Å²) in [6.45, 7) is 3.96. The van der Waals surface area contributed by atoms with Gasteiger partial charge in [0.1, 0.15) is 15.6 Å². The highest BCUT2D eigenvalue weighted by Crippen LogP contribution is 2.14. The van der Waals surface area contributed by atoms with E-state index in [4.69, 9.17) is 18.0 Å². The highest BCUT2D eigenvalue weighted by atomic mass is 32.2. The third-order valence-electron chi connectivity index (χ3n) is 2.89. The molecule has 1 atom stereocenters. The number of nitrogens with zero attached hydrogens (tertiary/aromatic N) is 1. The first-order valence-electron chi connectivity index (χ1n) is 6.65. The SMILES string of the molecule is CCCCCC(C)NS(=O)(=O)c1cccnc1C(N)=S. The van der Waals surface area contributed by atoms with Crippen LogP contribution in [-0.2, 0) is 10.0 Å². The minimum atomic E-state index is -3.65. The fourth-order valence-electron chi connectivity index (χ4n) is 1.88. The Hall–Kier alpha value is -1.05. The molecule has 1 unspecified atom stereocenters. The topological polar surface area (TPSA) is 85.1 Å². The number of hydrogen-bond acceptors (Lipinski definition) is 4. The smallest absolute Gasteiger partial charge is 0.243 e. The molecule has 0 saturated carbocycles. The number of rotatable bonds is 8. The molecule has 0 radical (unpaired) electrons. The van der Waals surface area contributed by atoms with Crippen molar-refractivity contribution < 1.29 is 8.42 Å². The lowest BCUT2D eigenvalue weighted by Crippen LogP contribution is -2.34. The van der Waals surface area contributed by atoms with Crippen LogP contribution in [0, 0.1) is 0 Å². The summed E-state index contributed by atoms with van der Waals surface area (Å²) in [4.78, 5) is 3.96. The monoisotopic (exact) mass is 315 g/mol. The molecule has 7 heteroatoms. The second-order valence-corrected chi connectivity index (χ2v) is 6.85. The maximum Gasteiger partial charge on any atom is 0.243 e. The van der Waals surface area contributed by atoms with Gasteiger partial charge in [-0.2, -0.15) is 0 Å². The van der Waals surface area contributed by atoms with E-state index < -0.39 is 10.0 Å². The van der Waals surface area contributed by atoms with Crippen molar-refractivity contribution in [2.24, 2.45) is 5.73 Å². The van der Waals surface area contributed by atoms with E-state index in [1.165, 1.54) is 12.3 Å². The van der Waals surface area contributed by atoms with Gasteiger partial charge >= 0.3 is 0 Å². The molecule has 0 aliphatic carbocycles. The summed E-state index contributed by atoms with van der Waals surface area (Å²) in [5.74, 6) is 0. The lowest BCUT2D eigenvalue weighted by molar-refractivity contribution is 0.527. The van der Waals surface area contributed by atoms with Gasteiger partial charge in [0.2, 0.25) is 10.0 Å². The first kappa shape index (κ1) is 17.0. The molecular formula is C13H21N3O2S2. The maximum atomic E-state index is 12.3. The second kappa shape index (κ2) is 7.66. The Morgan fingerprint density at radius 1 is 1.50 bits per heavy atom. The van der Waals surface area contributed by atoms with Gasteiger partial charge in [0, 0.05) is 12.2 Å². The van der Waals surface area contributed by atoms with Gasteiger partial charge in [0.15, 0.2) is 0 Å². The van der Waals surface area contributed by atoms with Gasteiger partial charge in [0.05, 0.1) is 0 Å². The molecule has 112 valence electrons. The third kappa shape index (κ3) is 4.81. The van der Waals surface area contributed by atoms with E-state index in [0.717, 1.165) is 25.7 Å². The van der Waals surface area contributed by atoms with E-state index in [1.54, 1.807) is 6.07 Å². The summed E-state index contributed by atoms with van der Waals surface area (Å²) in [7, 11) is -3.65. The summed E-state index contributed by atoms with van der Waals surface area (Å²) in [5, 5.41) is 0.